The molecule has 0 saturated carbocycles. The Bertz CT molecular complexity index is 154. The number of hydrogen-bond donors (Lipinski definition) is 1. The molecule has 1 rings (SSSR count). The van der Waals surface area contributed by atoms with Crippen LogP contribution in [0.1, 0.15) is 26.2 Å². The maximum absolute atomic E-state index is 5.96. The van der Waals surface area contributed by atoms with E-state index in [4.69, 9.17) is 10.6 Å². The summed E-state index contributed by atoms with van der Waals surface area (Å²) in [5.74, 6) is 5.96. The molecule has 0 aromatic carbocycles. The van der Waals surface area contributed by atoms with Gasteiger partial charge in [0.1, 0.15) is 6.23 Å². The second-order valence-electron chi connectivity index (χ2n) is 3.74. The van der Waals surface area contributed by atoms with Gasteiger partial charge in [0.15, 0.2) is 0 Å². The SMILES string of the molecule is COC(C)N(N)C1CCCCN1C. The summed E-state index contributed by atoms with van der Waals surface area (Å²) in [6, 6.07) is 0. The van der Waals surface area contributed by atoms with E-state index in [1.807, 2.05) is 6.92 Å². The number of hydrogen-bond acceptors (Lipinski definition) is 4. The first-order valence-electron chi connectivity index (χ1n) is 4.93. The molecule has 0 amide bonds. The summed E-state index contributed by atoms with van der Waals surface area (Å²) >= 11 is 0. The van der Waals surface area contributed by atoms with Crippen LogP contribution in [-0.4, -0.2) is 43.0 Å². The van der Waals surface area contributed by atoms with Crippen LogP contribution in [0.4, 0.5) is 0 Å². The van der Waals surface area contributed by atoms with Crippen LogP contribution in [0.5, 0.6) is 0 Å². The number of methoxy groups -OCH3 is 1. The molecule has 2 atom stereocenters. The molecule has 1 aliphatic rings. The third-order valence-corrected chi connectivity index (χ3v) is 2.84. The van der Waals surface area contributed by atoms with Crippen LogP contribution in [0.15, 0.2) is 0 Å². The smallest absolute Gasteiger partial charge is 0.121 e. The minimum atomic E-state index is -0.00875. The number of piperidine rings is 1. The molecule has 1 aliphatic heterocycles. The van der Waals surface area contributed by atoms with Gasteiger partial charge in [-0.15, -0.1) is 0 Å². The van der Waals surface area contributed by atoms with E-state index in [1.165, 1.54) is 12.8 Å². The molecule has 0 aromatic rings. The average Bonchev–Trinajstić information content (AvgIpc) is 2.16. The summed E-state index contributed by atoms with van der Waals surface area (Å²) in [5, 5.41) is 1.80. The van der Waals surface area contributed by atoms with Gasteiger partial charge in [0.2, 0.25) is 0 Å². The van der Waals surface area contributed by atoms with Gasteiger partial charge >= 0.3 is 0 Å². The zero-order valence-electron chi connectivity index (χ0n) is 8.86. The van der Waals surface area contributed by atoms with Crippen molar-refractivity contribution in [3.05, 3.63) is 0 Å². The van der Waals surface area contributed by atoms with E-state index in [0.29, 0.717) is 6.17 Å². The quantitative estimate of drug-likeness (QED) is 0.399. The third kappa shape index (κ3) is 2.64. The monoisotopic (exact) mass is 187 g/mol. The Morgan fingerprint density at radius 3 is 2.77 bits per heavy atom. The molecule has 2 N–H and O–H groups in total. The van der Waals surface area contributed by atoms with Crippen LogP contribution < -0.4 is 5.84 Å². The van der Waals surface area contributed by atoms with Gasteiger partial charge in [0.05, 0.1) is 6.17 Å². The zero-order valence-corrected chi connectivity index (χ0v) is 8.86. The van der Waals surface area contributed by atoms with Gasteiger partial charge in [0.25, 0.3) is 0 Å². The van der Waals surface area contributed by atoms with Crippen molar-refractivity contribution in [3.63, 3.8) is 0 Å². The summed E-state index contributed by atoms with van der Waals surface area (Å²) < 4.78 is 5.19. The van der Waals surface area contributed by atoms with Crippen molar-refractivity contribution < 1.29 is 4.74 Å². The second-order valence-corrected chi connectivity index (χ2v) is 3.74. The summed E-state index contributed by atoms with van der Waals surface area (Å²) in [7, 11) is 3.80. The summed E-state index contributed by atoms with van der Waals surface area (Å²) in [6.45, 7) is 3.11. The number of hydrazine groups is 1. The molecular weight excluding hydrogens is 166 g/mol. The highest BCUT2D eigenvalue weighted by Crippen LogP contribution is 2.17. The predicted molar refractivity (Wildman–Crippen MR) is 52.8 cm³/mol. The summed E-state index contributed by atoms with van der Waals surface area (Å²) in [4.78, 5) is 2.29. The molecule has 4 nitrogen and oxygen atoms in total. The first-order chi connectivity index (χ1) is 6.16. The van der Waals surface area contributed by atoms with Crippen LogP contribution in [0.25, 0.3) is 0 Å². The van der Waals surface area contributed by atoms with E-state index in [9.17, 15) is 0 Å². The zero-order chi connectivity index (χ0) is 9.84. The van der Waals surface area contributed by atoms with E-state index >= 15 is 0 Å². The van der Waals surface area contributed by atoms with Crippen molar-refractivity contribution in [2.45, 2.75) is 38.6 Å². The van der Waals surface area contributed by atoms with Crippen LogP contribution in [0.2, 0.25) is 0 Å². The fourth-order valence-electron chi connectivity index (χ4n) is 1.80. The van der Waals surface area contributed by atoms with Crippen molar-refractivity contribution in [1.29, 1.82) is 0 Å². The van der Waals surface area contributed by atoms with Crippen LogP contribution in [-0.2, 0) is 4.74 Å². The van der Waals surface area contributed by atoms with Gasteiger partial charge in [-0.2, -0.15) is 0 Å². The van der Waals surface area contributed by atoms with E-state index in [0.717, 1.165) is 13.0 Å². The topological polar surface area (TPSA) is 41.7 Å². The lowest BCUT2D eigenvalue weighted by molar-refractivity contribution is -0.0928. The number of ether oxygens (including phenoxy) is 1. The standard InChI is InChI=1S/C9H21N3O/c1-8(13-3)12(10)9-6-4-5-7-11(9)2/h8-9H,4-7,10H2,1-3H3. The fraction of sp³-hybridized carbons (Fsp3) is 1.00. The number of rotatable bonds is 3. The van der Waals surface area contributed by atoms with Crippen molar-refractivity contribution in [2.75, 3.05) is 20.7 Å². The van der Waals surface area contributed by atoms with Crippen molar-refractivity contribution in [3.8, 4) is 0 Å². The van der Waals surface area contributed by atoms with Gasteiger partial charge in [-0.3, -0.25) is 10.7 Å². The van der Waals surface area contributed by atoms with E-state index in [1.54, 1.807) is 12.1 Å². The Hall–Kier alpha value is -0.160. The minimum Gasteiger partial charge on any atom is -0.365 e. The first-order valence-corrected chi connectivity index (χ1v) is 4.93. The Balaban J connectivity index is 2.47. The highest BCUT2D eigenvalue weighted by atomic mass is 16.5. The van der Waals surface area contributed by atoms with Crippen molar-refractivity contribution >= 4 is 0 Å². The van der Waals surface area contributed by atoms with Crippen LogP contribution in [0, 0.1) is 0 Å². The van der Waals surface area contributed by atoms with Crippen LogP contribution in [0.3, 0.4) is 0 Å². The Morgan fingerprint density at radius 2 is 2.23 bits per heavy atom. The van der Waals surface area contributed by atoms with Gasteiger partial charge in [-0.25, -0.2) is 5.01 Å². The lowest BCUT2D eigenvalue weighted by atomic mass is 10.1. The molecule has 1 saturated heterocycles. The van der Waals surface area contributed by atoms with E-state index in [2.05, 4.69) is 11.9 Å². The maximum atomic E-state index is 5.96. The lowest BCUT2D eigenvalue weighted by Crippen LogP contribution is -2.56. The normalized spacial score (nSPS) is 27.9. The molecule has 0 radical (unpaired) electrons. The van der Waals surface area contributed by atoms with Crippen molar-refractivity contribution in [1.82, 2.24) is 9.91 Å². The molecule has 1 heterocycles. The molecule has 0 aromatic heterocycles. The summed E-state index contributed by atoms with van der Waals surface area (Å²) in [5.41, 5.74) is 0. The molecule has 78 valence electrons. The predicted octanol–water partition coefficient (Wildman–Crippen LogP) is 0.596. The molecular formula is C9H21N3O. The van der Waals surface area contributed by atoms with E-state index < -0.39 is 0 Å². The molecule has 0 bridgehead atoms. The first kappa shape index (κ1) is 10.9. The average molecular weight is 187 g/mol. The Morgan fingerprint density at radius 1 is 1.54 bits per heavy atom. The minimum absolute atomic E-state index is 0.00875. The fourth-order valence-corrected chi connectivity index (χ4v) is 1.80. The molecule has 0 spiro atoms. The van der Waals surface area contributed by atoms with Crippen LogP contribution >= 0.6 is 0 Å². The lowest BCUT2D eigenvalue weighted by Gasteiger charge is -2.40. The molecule has 0 aliphatic carbocycles. The molecule has 13 heavy (non-hydrogen) atoms. The summed E-state index contributed by atoms with van der Waals surface area (Å²) in [6.07, 6.45) is 4.01. The molecule has 4 heteroatoms. The van der Waals surface area contributed by atoms with Gasteiger partial charge < -0.3 is 4.74 Å². The van der Waals surface area contributed by atoms with E-state index in [-0.39, 0.29) is 6.23 Å². The highest BCUT2D eigenvalue weighted by molar-refractivity contribution is 4.73. The van der Waals surface area contributed by atoms with Gasteiger partial charge in [-0.05, 0) is 39.8 Å². The largest absolute Gasteiger partial charge is 0.365 e. The third-order valence-electron chi connectivity index (χ3n) is 2.84. The van der Waals surface area contributed by atoms with Gasteiger partial charge in [0, 0.05) is 7.11 Å². The number of nitrogens with two attached hydrogens (primary N) is 1. The number of likely N-dealkylation sites (tertiary alicyclic amines) is 1. The maximum Gasteiger partial charge on any atom is 0.121 e. The number of nitrogens with zero attached hydrogens (tertiary/aromatic N) is 2. The van der Waals surface area contributed by atoms with Gasteiger partial charge in [-0.1, -0.05) is 0 Å². The highest BCUT2D eigenvalue weighted by Gasteiger charge is 2.26. The molecule has 2 unspecified atom stereocenters. The Labute approximate surface area is 80.6 Å². The Kier molecular flexibility index (Phi) is 4.12. The molecule has 1 fully saturated rings. The van der Waals surface area contributed by atoms with Crippen molar-refractivity contribution in [2.24, 2.45) is 5.84 Å². The second kappa shape index (κ2) is 4.91.